The Balaban J connectivity index is 1.52. The van der Waals surface area contributed by atoms with Crippen LogP contribution in [0.4, 0.5) is 0 Å². The summed E-state index contributed by atoms with van der Waals surface area (Å²) in [5.41, 5.74) is 1.72. The largest absolute Gasteiger partial charge is 0.310 e. The van der Waals surface area contributed by atoms with E-state index in [1.165, 1.54) is 23.1 Å². The number of amides is 1. The van der Waals surface area contributed by atoms with Crippen molar-refractivity contribution in [2.45, 2.75) is 11.4 Å². The molecule has 5 nitrogen and oxygen atoms in total. The lowest BCUT2D eigenvalue weighted by molar-refractivity contribution is 0.100. The molecular weight excluding hydrogens is 434 g/mol. The number of thiophene rings is 1. The maximum atomic E-state index is 12.9. The Morgan fingerprint density at radius 1 is 1.10 bits per heavy atom. The van der Waals surface area contributed by atoms with Crippen LogP contribution in [-0.4, -0.2) is 25.8 Å². The Kier molecular flexibility index (Phi) is 4.90. The van der Waals surface area contributed by atoms with Crippen LogP contribution in [-0.2, 0) is 6.42 Å². The first kappa shape index (κ1) is 19.0. The van der Waals surface area contributed by atoms with Gasteiger partial charge in [-0.15, -0.1) is 11.3 Å². The molecule has 5 rings (SSSR count). The summed E-state index contributed by atoms with van der Waals surface area (Å²) in [6, 6.07) is 17.4. The summed E-state index contributed by atoms with van der Waals surface area (Å²) in [5, 5.41) is 3.13. The van der Waals surface area contributed by atoms with E-state index in [0.29, 0.717) is 27.0 Å². The first-order valence-electron chi connectivity index (χ1n) is 9.09. The van der Waals surface area contributed by atoms with Gasteiger partial charge in [0.1, 0.15) is 26.3 Å². The lowest BCUT2D eigenvalue weighted by Crippen LogP contribution is -2.22. The van der Waals surface area contributed by atoms with Gasteiger partial charge in [-0.1, -0.05) is 72.5 Å². The zero-order chi connectivity index (χ0) is 20.7. The quantitative estimate of drug-likeness (QED) is 0.366. The van der Waals surface area contributed by atoms with Gasteiger partial charge in [0.05, 0.1) is 5.56 Å². The predicted octanol–water partition coefficient (Wildman–Crippen LogP) is 4.64. The number of H-pyrrole nitrogens is 1. The molecule has 0 bridgehead atoms. The van der Waals surface area contributed by atoms with Gasteiger partial charge in [-0.2, -0.15) is 0 Å². The van der Waals surface area contributed by atoms with E-state index in [1.807, 2.05) is 54.6 Å². The average molecular weight is 448 g/mol. The Bertz CT molecular complexity index is 1400. The molecule has 1 N–H and O–H groups in total. The van der Waals surface area contributed by atoms with Crippen LogP contribution in [0.5, 0.6) is 0 Å². The second-order valence-corrected chi connectivity index (χ2v) is 9.23. The van der Waals surface area contributed by atoms with E-state index in [2.05, 4.69) is 15.0 Å². The smallest absolute Gasteiger partial charge is 0.279 e. The first-order chi connectivity index (χ1) is 14.6. The molecule has 2 aromatic carbocycles. The van der Waals surface area contributed by atoms with Gasteiger partial charge in [0, 0.05) is 21.9 Å². The van der Waals surface area contributed by atoms with Gasteiger partial charge in [-0.3, -0.25) is 9.59 Å². The third-order valence-electron chi connectivity index (χ3n) is 4.69. The number of hydrogen-bond acceptors (Lipinski definition) is 6. The van der Waals surface area contributed by atoms with Crippen molar-refractivity contribution in [3.8, 4) is 0 Å². The van der Waals surface area contributed by atoms with Crippen LogP contribution in [0.1, 0.15) is 27.3 Å². The van der Waals surface area contributed by atoms with Crippen LogP contribution in [0.3, 0.4) is 0 Å². The van der Waals surface area contributed by atoms with Crippen LogP contribution >= 0.6 is 35.3 Å². The van der Waals surface area contributed by atoms with Crippen LogP contribution in [0, 0.1) is 0 Å². The minimum absolute atomic E-state index is 0.227. The molecule has 0 fully saturated rings. The first-order valence-corrected chi connectivity index (χ1v) is 11.2. The minimum Gasteiger partial charge on any atom is -0.310 e. The number of nitrogens with zero attached hydrogens (tertiary/aromatic N) is 2. The highest BCUT2D eigenvalue weighted by molar-refractivity contribution is 8.26. The topological polar surface area (TPSA) is 75.2 Å². The summed E-state index contributed by atoms with van der Waals surface area (Å²) in [4.78, 5) is 37.3. The molecule has 0 saturated heterocycles. The summed E-state index contributed by atoms with van der Waals surface area (Å²) in [6.07, 6.45) is 0.503. The van der Waals surface area contributed by atoms with Gasteiger partial charge in [-0.25, -0.2) is 9.98 Å². The molecule has 0 radical (unpaired) electrons. The number of nitrogens with one attached hydrogen (secondary N) is 1. The van der Waals surface area contributed by atoms with Gasteiger partial charge in [0.25, 0.3) is 11.5 Å². The van der Waals surface area contributed by atoms with Gasteiger partial charge < -0.3 is 4.98 Å². The predicted molar refractivity (Wildman–Crippen MR) is 125 cm³/mol. The molecule has 4 aromatic rings. The van der Waals surface area contributed by atoms with Gasteiger partial charge in [0.15, 0.2) is 0 Å². The summed E-state index contributed by atoms with van der Waals surface area (Å²) in [6.45, 7) is 0. The summed E-state index contributed by atoms with van der Waals surface area (Å²) >= 11 is 8.10. The van der Waals surface area contributed by atoms with E-state index in [0.717, 1.165) is 15.6 Å². The summed E-state index contributed by atoms with van der Waals surface area (Å²) in [7, 11) is 0. The summed E-state index contributed by atoms with van der Waals surface area (Å²) in [5.74, 6) is 0.141. The standard InChI is InChI=1S/C22H13N3O2S3/c26-19(14-11-29-15-9-5-4-8-13(14)15)25-18-17-20(27)23-16(24-21(17)30-22(18)28)10-12-6-2-1-3-7-12/h1-9,11H,10H2,(H,23,24,27). The van der Waals surface area contributed by atoms with Crippen molar-refractivity contribution in [3.63, 3.8) is 0 Å². The Labute approximate surface area is 184 Å². The zero-order valence-electron chi connectivity index (χ0n) is 15.4. The molecular formula is C22H13N3O2S3. The van der Waals surface area contributed by atoms with Gasteiger partial charge in [0.2, 0.25) is 0 Å². The third-order valence-corrected chi connectivity index (χ3v) is 6.97. The normalized spacial score (nSPS) is 14.4. The Morgan fingerprint density at radius 2 is 1.87 bits per heavy atom. The highest BCUT2D eigenvalue weighted by Crippen LogP contribution is 2.32. The highest BCUT2D eigenvalue weighted by atomic mass is 32.2. The molecule has 2 aromatic heterocycles. The van der Waals surface area contributed by atoms with Crippen molar-refractivity contribution in [1.82, 2.24) is 9.97 Å². The van der Waals surface area contributed by atoms with E-state index in [4.69, 9.17) is 12.2 Å². The molecule has 0 saturated carbocycles. The van der Waals surface area contributed by atoms with Crippen molar-refractivity contribution in [2.24, 2.45) is 4.99 Å². The lowest BCUT2D eigenvalue weighted by atomic mass is 10.1. The number of aromatic amines is 1. The average Bonchev–Trinajstić information content (AvgIpc) is 3.30. The number of aliphatic imine (C=N–C) groups is 1. The third kappa shape index (κ3) is 3.43. The van der Waals surface area contributed by atoms with Crippen molar-refractivity contribution in [3.05, 3.63) is 92.8 Å². The zero-order valence-corrected chi connectivity index (χ0v) is 17.9. The molecule has 30 heavy (non-hydrogen) atoms. The van der Waals surface area contributed by atoms with Crippen LogP contribution in [0.2, 0.25) is 0 Å². The number of carbonyl (C=O) groups is 1. The molecule has 146 valence electrons. The molecule has 0 unspecified atom stereocenters. The molecule has 8 heteroatoms. The molecule has 0 aliphatic carbocycles. The van der Waals surface area contributed by atoms with Crippen molar-refractivity contribution in [1.29, 1.82) is 0 Å². The second kappa shape index (κ2) is 7.71. The van der Waals surface area contributed by atoms with E-state index in [-0.39, 0.29) is 16.8 Å². The van der Waals surface area contributed by atoms with E-state index < -0.39 is 5.91 Å². The lowest BCUT2D eigenvalue weighted by Gasteiger charge is -2.03. The maximum absolute atomic E-state index is 12.9. The number of hydrogen-bond donors (Lipinski definition) is 1. The Hall–Kier alpha value is -2.94. The monoisotopic (exact) mass is 447 g/mol. The van der Waals surface area contributed by atoms with Crippen molar-refractivity contribution >= 4 is 61.2 Å². The molecule has 0 atom stereocenters. The SMILES string of the molecule is O=C(N=C1C(=S)Sc2nc(Cc3ccccc3)[nH]c(=O)c21)c1csc2ccccc12. The number of rotatable bonds is 3. The number of thioether (sulfide) groups is 1. The van der Waals surface area contributed by atoms with Crippen LogP contribution < -0.4 is 5.56 Å². The fourth-order valence-corrected chi connectivity index (χ4v) is 5.48. The maximum Gasteiger partial charge on any atom is 0.279 e. The number of carbonyl (C=O) groups excluding carboxylic acids is 1. The van der Waals surface area contributed by atoms with Crippen molar-refractivity contribution in [2.75, 3.05) is 0 Å². The fourth-order valence-electron chi connectivity index (χ4n) is 3.30. The fraction of sp³-hybridized carbons (Fsp3) is 0.0455. The van der Waals surface area contributed by atoms with Gasteiger partial charge in [-0.05, 0) is 11.6 Å². The second-order valence-electron chi connectivity index (χ2n) is 6.66. The molecule has 1 amide bonds. The Morgan fingerprint density at radius 3 is 2.70 bits per heavy atom. The van der Waals surface area contributed by atoms with E-state index in [9.17, 15) is 9.59 Å². The number of aromatic nitrogens is 2. The van der Waals surface area contributed by atoms with Crippen molar-refractivity contribution < 1.29 is 4.79 Å². The highest BCUT2D eigenvalue weighted by Gasteiger charge is 2.30. The number of fused-ring (bicyclic) bond motifs is 2. The van der Waals surface area contributed by atoms with Crippen LogP contribution in [0.15, 0.2) is 74.8 Å². The molecule has 1 aliphatic heterocycles. The molecule has 3 heterocycles. The number of benzene rings is 2. The summed E-state index contributed by atoms with van der Waals surface area (Å²) < 4.78 is 1.39. The van der Waals surface area contributed by atoms with E-state index in [1.54, 1.807) is 5.38 Å². The molecule has 1 aliphatic rings. The molecule has 0 spiro atoms. The van der Waals surface area contributed by atoms with E-state index >= 15 is 0 Å². The number of thiocarbonyl (C=S) groups is 1. The minimum atomic E-state index is -0.411. The van der Waals surface area contributed by atoms with Crippen LogP contribution in [0.25, 0.3) is 10.1 Å². The van der Waals surface area contributed by atoms with Gasteiger partial charge >= 0.3 is 0 Å².